The predicted molar refractivity (Wildman–Crippen MR) is 76.2 cm³/mol. The second-order valence-electron chi connectivity index (χ2n) is 3.87. The molecule has 0 atom stereocenters. The number of hydrogen-bond acceptors (Lipinski definition) is 5. The molecule has 0 aromatic carbocycles. The molecule has 0 amide bonds. The van der Waals surface area contributed by atoms with Crippen LogP contribution in [0.4, 0.5) is 0 Å². The fraction of sp³-hybridized carbons (Fsp3) is 0.615. The van der Waals surface area contributed by atoms with E-state index < -0.39 is 0 Å². The molecule has 3 N–H and O–H groups in total. The number of hydrogen-bond donors (Lipinski definition) is 3. The van der Waals surface area contributed by atoms with Gasteiger partial charge < -0.3 is 15.3 Å². The van der Waals surface area contributed by atoms with Crippen LogP contribution in [0.25, 0.3) is 0 Å². The molecular weight excluding hydrogens is 305 g/mol. The summed E-state index contributed by atoms with van der Waals surface area (Å²) in [5.74, 6) is 0. The summed E-state index contributed by atoms with van der Waals surface area (Å²) in [6, 6.07) is 4.12. The first-order valence-corrected chi connectivity index (χ1v) is 7.85. The molecule has 0 spiro atoms. The van der Waals surface area contributed by atoms with Crippen LogP contribution in [-0.2, 0) is 6.42 Å². The Morgan fingerprint density at radius 2 is 1.42 bits per heavy atom. The molecule has 5 nitrogen and oxygen atoms in total. The zero-order chi connectivity index (χ0) is 14.3. The maximum absolute atomic E-state index is 8.48. The van der Waals surface area contributed by atoms with Crippen molar-refractivity contribution in [2.75, 3.05) is 39.5 Å². The van der Waals surface area contributed by atoms with Gasteiger partial charge in [-0.2, -0.15) is 0 Å². The molecule has 3 radical (unpaired) electrons. The van der Waals surface area contributed by atoms with Crippen molar-refractivity contribution in [2.45, 2.75) is 11.7 Å². The van der Waals surface area contributed by atoms with Crippen molar-refractivity contribution in [1.82, 2.24) is 9.88 Å². The molecule has 0 aliphatic rings. The van der Waals surface area contributed by atoms with Gasteiger partial charge in [0.1, 0.15) is 0 Å². The van der Waals surface area contributed by atoms with E-state index in [4.69, 9.17) is 15.3 Å². The topological polar surface area (TPSA) is 76.8 Å². The molecule has 0 aliphatic heterocycles. The first-order chi connectivity index (χ1) is 9.28. The second kappa shape index (κ2) is 14.0. The van der Waals surface area contributed by atoms with Crippen LogP contribution in [0.1, 0.15) is 5.56 Å². The van der Waals surface area contributed by atoms with E-state index in [1.165, 1.54) is 17.2 Å². The van der Waals surface area contributed by atoms with Gasteiger partial charge in [-0.1, -0.05) is 0 Å². The molecule has 6 heteroatoms. The van der Waals surface area contributed by atoms with E-state index >= 15 is 0 Å². The van der Waals surface area contributed by atoms with E-state index in [0.717, 1.165) is 0 Å². The fourth-order valence-electron chi connectivity index (χ4n) is 1.45. The Morgan fingerprint density at radius 1 is 0.947 bits per heavy atom. The Bertz CT molecular complexity index is 274. The van der Waals surface area contributed by atoms with Gasteiger partial charge in [0.05, 0.1) is 19.8 Å². The molecule has 1 aromatic rings. The van der Waals surface area contributed by atoms with Gasteiger partial charge >= 0.3 is 63.3 Å². The molecule has 1 aromatic heterocycles. The number of rotatable bonds is 8. The normalized spacial score (nSPS) is 10.2. The molecule has 0 aliphatic carbocycles. The van der Waals surface area contributed by atoms with Crippen molar-refractivity contribution in [3.63, 3.8) is 0 Å². The molecule has 0 saturated heterocycles. The van der Waals surface area contributed by atoms with E-state index in [9.17, 15) is 0 Å². The Morgan fingerprint density at radius 3 is 1.79 bits per heavy atom. The summed E-state index contributed by atoms with van der Waals surface area (Å²) in [5, 5.41) is 26.7. The van der Waals surface area contributed by atoms with Gasteiger partial charge in [0.15, 0.2) is 0 Å². The van der Waals surface area contributed by atoms with Crippen LogP contribution < -0.4 is 0 Å². The number of aliphatic hydroxyl groups excluding tert-OH is 3. The summed E-state index contributed by atoms with van der Waals surface area (Å²) >= 11 is 2.18. The second-order valence-corrected chi connectivity index (χ2v) is 4.92. The molecule has 0 saturated carbocycles. The zero-order valence-corrected chi connectivity index (χ0v) is 13.3. The van der Waals surface area contributed by atoms with Gasteiger partial charge in [-0.3, -0.25) is 4.90 Å². The van der Waals surface area contributed by atoms with Crippen LogP contribution >= 0.6 is 0 Å². The van der Waals surface area contributed by atoms with Crippen molar-refractivity contribution in [3.8, 4) is 0 Å². The van der Waals surface area contributed by atoms with Crippen molar-refractivity contribution in [3.05, 3.63) is 30.1 Å². The van der Waals surface area contributed by atoms with E-state index in [1.54, 1.807) is 4.90 Å². The molecule has 1 heterocycles. The summed E-state index contributed by atoms with van der Waals surface area (Å²) in [7, 11) is 0. The Balaban J connectivity index is 0.000000342. The Kier molecular flexibility index (Phi) is 13.6. The molecule has 0 bridgehead atoms. The van der Waals surface area contributed by atoms with Crippen LogP contribution in [0.5, 0.6) is 0 Å². The minimum atomic E-state index is 0.0694. The van der Waals surface area contributed by atoms with E-state index in [-0.39, 0.29) is 19.8 Å². The minimum absolute atomic E-state index is 0.0694. The molecular formula is C13H23GeN2O3. The average Bonchev–Trinajstić information content (AvgIpc) is 2.42. The van der Waals surface area contributed by atoms with Crippen LogP contribution in [0, 0.1) is 0 Å². The predicted octanol–water partition coefficient (Wildman–Crippen LogP) is -0.524. The quantitative estimate of drug-likeness (QED) is 0.560. The van der Waals surface area contributed by atoms with Crippen molar-refractivity contribution in [2.24, 2.45) is 0 Å². The van der Waals surface area contributed by atoms with Gasteiger partial charge in [-0.25, -0.2) is 0 Å². The van der Waals surface area contributed by atoms with Crippen LogP contribution in [0.2, 0.25) is 5.25 Å². The summed E-state index contributed by atoms with van der Waals surface area (Å²) in [5.41, 5.74) is 1.38. The third-order valence-corrected chi connectivity index (χ3v) is 2.94. The summed E-state index contributed by atoms with van der Waals surface area (Å²) < 4.78 is 0. The standard InChI is InChI=1S/C7H8GeN.C6H15NO3/c8-4-1-7-2-5-9-6-3-7;8-4-1-7(2-5-9)3-6-10/h2-3,5-6H,1,4H2;8-10H,1-6H2. The van der Waals surface area contributed by atoms with E-state index in [2.05, 4.69) is 33.6 Å². The molecule has 0 fully saturated rings. The van der Waals surface area contributed by atoms with Crippen LogP contribution in [-0.4, -0.2) is 81.2 Å². The maximum atomic E-state index is 8.48. The molecule has 107 valence electrons. The Hall–Kier alpha value is -0.467. The van der Waals surface area contributed by atoms with Gasteiger partial charge in [-0.05, 0) is 0 Å². The first-order valence-electron chi connectivity index (χ1n) is 6.36. The third kappa shape index (κ3) is 11.1. The monoisotopic (exact) mass is 329 g/mol. The molecule has 19 heavy (non-hydrogen) atoms. The zero-order valence-electron chi connectivity index (χ0n) is 11.2. The molecule has 1 rings (SSSR count). The van der Waals surface area contributed by atoms with Crippen molar-refractivity contribution < 1.29 is 15.3 Å². The number of nitrogens with zero attached hydrogens (tertiary/aromatic N) is 2. The van der Waals surface area contributed by atoms with E-state index in [0.29, 0.717) is 19.6 Å². The third-order valence-electron chi connectivity index (χ3n) is 2.41. The van der Waals surface area contributed by atoms with Crippen LogP contribution in [0.15, 0.2) is 24.5 Å². The summed E-state index contributed by atoms with van der Waals surface area (Å²) in [4.78, 5) is 5.72. The van der Waals surface area contributed by atoms with Crippen molar-refractivity contribution >= 4 is 16.5 Å². The number of aliphatic hydroxyl groups is 3. The van der Waals surface area contributed by atoms with Gasteiger partial charge in [0.25, 0.3) is 0 Å². The van der Waals surface area contributed by atoms with Gasteiger partial charge in [-0.15, -0.1) is 0 Å². The van der Waals surface area contributed by atoms with E-state index in [1.807, 2.05) is 12.4 Å². The first kappa shape index (κ1) is 18.5. The summed E-state index contributed by atoms with van der Waals surface area (Å²) in [6.45, 7) is 1.75. The average molecular weight is 328 g/mol. The molecule has 0 unspecified atom stereocenters. The van der Waals surface area contributed by atoms with Gasteiger partial charge in [0.2, 0.25) is 0 Å². The summed E-state index contributed by atoms with van der Waals surface area (Å²) in [6.07, 6.45) is 4.85. The number of pyridine rings is 1. The number of aromatic nitrogens is 1. The SMILES string of the molecule is OCCN(CCO)CCO.[Ge][CH2]Cc1ccncc1. The van der Waals surface area contributed by atoms with Crippen molar-refractivity contribution in [1.29, 1.82) is 0 Å². The van der Waals surface area contributed by atoms with Gasteiger partial charge in [0, 0.05) is 19.6 Å². The Labute approximate surface area is 123 Å². The van der Waals surface area contributed by atoms with Crippen LogP contribution in [0.3, 0.4) is 0 Å². The fourth-order valence-corrected chi connectivity index (χ4v) is 2.06. The number of aryl methyl sites for hydroxylation is 1.